The number of allylic oxidation sites excluding steroid dienone is 1. The lowest BCUT2D eigenvalue weighted by molar-refractivity contribution is -0.218. The number of ether oxygens (including phenoxy) is 1. The molecule has 0 radical (unpaired) electrons. The van der Waals surface area contributed by atoms with E-state index in [0.717, 1.165) is 25.7 Å². The second-order valence-electron chi connectivity index (χ2n) is 10.2. The zero-order chi connectivity index (χ0) is 21.2. The van der Waals surface area contributed by atoms with Crippen LogP contribution in [0.25, 0.3) is 0 Å². The molecule has 4 aliphatic carbocycles. The molecule has 2 N–H and O–H groups in total. The van der Waals surface area contributed by atoms with Gasteiger partial charge in [0.25, 0.3) is 0 Å². The van der Waals surface area contributed by atoms with Crippen molar-refractivity contribution < 1.29 is 29.3 Å². The molecule has 0 aromatic carbocycles. The molecule has 6 heteroatoms. The highest BCUT2D eigenvalue weighted by Gasteiger charge is 2.73. The third-order valence-electron chi connectivity index (χ3n) is 9.16. The molecule has 0 aromatic heterocycles. The summed E-state index contributed by atoms with van der Waals surface area (Å²) in [6.45, 7) is 4.83. The molecule has 0 spiro atoms. The van der Waals surface area contributed by atoms with E-state index in [1.54, 1.807) is 0 Å². The first-order valence-electron chi connectivity index (χ1n) is 10.8. The molecule has 3 saturated carbocycles. The second kappa shape index (κ2) is 6.48. The molecule has 6 nitrogen and oxygen atoms in total. The average molecular weight is 405 g/mol. The third-order valence-corrected chi connectivity index (χ3v) is 9.16. The Hall–Kier alpha value is -1.53. The highest BCUT2D eigenvalue weighted by Crippen LogP contribution is 2.69. The topological polar surface area (TPSA) is 101 Å². The molecular weight excluding hydrogens is 372 g/mol. The molecule has 0 aliphatic heterocycles. The normalized spacial score (nSPS) is 46.2. The van der Waals surface area contributed by atoms with Gasteiger partial charge < -0.3 is 14.9 Å². The van der Waals surface area contributed by atoms with Crippen molar-refractivity contribution in [3.05, 3.63) is 11.6 Å². The predicted molar refractivity (Wildman–Crippen MR) is 105 cm³/mol. The van der Waals surface area contributed by atoms with Gasteiger partial charge >= 0.3 is 5.97 Å². The molecule has 4 aliphatic rings. The highest BCUT2D eigenvalue weighted by molar-refractivity contribution is 5.92. The number of carbonyl (C=O) groups excluding carboxylic acids is 3. The largest absolute Gasteiger partial charge is 0.458 e. The van der Waals surface area contributed by atoms with Crippen molar-refractivity contribution in [2.24, 2.45) is 22.7 Å². The monoisotopic (exact) mass is 404 g/mol. The van der Waals surface area contributed by atoms with E-state index in [4.69, 9.17) is 4.74 Å². The van der Waals surface area contributed by atoms with Gasteiger partial charge in [0.05, 0.1) is 5.60 Å². The van der Waals surface area contributed by atoms with Crippen LogP contribution < -0.4 is 0 Å². The molecule has 0 bridgehead atoms. The molecule has 6 atom stereocenters. The van der Waals surface area contributed by atoms with Crippen LogP contribution in [0.2, 0.25) is 0 Å². The number of Topliss-reactive ketones (excluding diaryl/α,β-unsaturated/α-hetero) is 1. The molecule has 4 rings (SSSR count). The Morgan fingerprint density at radius 1 is 1.07 bits per heavy atom. The first kappa shape index (κ1) is 20.7. The average Bonchev–Trinajstić information content (AvgIpc) is 2.89. The van der Waals surface area contributed by atoms with Crippen LogP contribution >= 0.6 is 0 Å². The molecule has 0 amide bonds. The van der Waals surface area contributed by atoms with Gasteiger partial charge in [0.15, 0.2) is 12.4 Å². The minimum absolute atomic E-state index is 0.0212. The van der Waals surface area contributed by atoms with E-state index in [1.165, 1.54) is 12.5 Å². The highest BCUT2D eigenvalue weighted by atomic mass is 16.5. The Morgan fingerprint density at radius 3 is 2.48 bits per heavy atom. The summed E-state index contributed by atoms with van der Waals surface area (Å²) >= 11 is 0. The van der Waals surface area contributed by atoms with E-state index < -0.39 is 35.0 Å². The van der Waals surface area contributed by atoms with Gasteiger partial charge in [0.1, 0.15) is 5.60 Å². The summed E-state index contributed by atoms with van der Waals surface area (Å²) in [5.41, 5.74) is -2.70. The third kappa shape index (κ3) is 2.64. The smallest absolute Gasteiger partial charge is 0.303 e. The molecular formula is C23H32O6. The van der Waals surface area contributed by atoms with Crippen LogP contribution in [-0.4, -0.2) is 45.6 Å². The van der Waals surface area contributed by atoms with Crippen LogP contribution in [0.5, 0.6) is 0 Å². The maximum absolute atomic E-state index is 12.9. The molecule has 0 saturated heterocycles. The van der Waals surface area contributed by atoms with Crippen molar-refractivity contribution >= 4 is 17.5 Å². The van der Waals surface area contributed by atoms with E-state index in [2.05, 4.69) is 6.92 Å². The number of hydrogen-bond donors (Lipinski definition) is 2. The molecule has 0 unspecified atom stereocenters. The summed E-state index contributed by atoms with van der Waals surface area (Å²) in [6, 6.07) is 0. The summed E-state index contributed by atoms with van der Waals surface area (Å²) in [5, 5.41) is 23.4. The fourth-order valence-corrected chi connectivity index (χ4v) is 7.28. The number of rotatable bonds is 3. The standard InChI is InChI=1S/C23H32O6/c1-14(24)29-13-19(26)23(28)11-10-22(27)18-5-4-15-12-16(25)6-8-20(15,2)17(18)7-9-21(22,23)3/h12,17-18,27-28H,4-11,13H2,1-3H3/t17-,18+,20-,21-,22-,23+/m1/s1. The van der Waals surface area contributed by atoms with Crippen molar-refractivity contribution in [1.29, 1.82) is 0 Å². The lowest BCUT2D eigenvalue weighted by atomic mass is 9.44. The van der Waals surface area contributed by atoms with Crippen molar-refractivity contribution in [2.45, 2.75) is 83.3 Å². The predicted octanol–water partition coefficient (Wildman–Crippen LogP) is 2.50. The molecule has 0 aromatic rings. The number of hydrogen-bond acceptors (Lipinski definition) is 6. The van der Waals surface area contributed by atoms with Crippen LogP contribution in [0, 0.1) is 22.7 Å². The van der Waals surface area contributed by atoms with Crippen molar-refractivity contribution in [2.75, 3.05) is 6.61 Å². The lowest BCUT2D eigenvalue weighted by Gasteiger charge is -2.62. The van der Waals surface area contributed by atoms with Gasteiger partial charge in [0, 0.05) is 18.8 Å². The van der Waals surface area contributed by atoms with Gasteiger partial charge in [-0.25, -0.2) is 0 Å². The van der Waals surface area contributed by atoms with E-state index in [0.29, 0.717) is 19.3 Å². The lowest BCUT2D eigenvalue weighted by Crippen LogP contribution is -2.66. The van der Waals surface area contributed by atoms with Crippen molar-refractivity contribution in [3.8, 4) is 0 Å². The van der Waals surface area contributed by atoms with Gasteiger partial charge in [0.2, 0.25) is 5.78 Å². The van der Waals surface area contributed by atoms with Crippen molar-refractivity contribution in [3.63, 3.8) is 0 Å². The Labute approximate surface area is 171 Å². The summed E-state index contributed by atoms with van der Waals surface area (Å²) in [6.07, 6.45) is 6.60. The maximum atomic E-state index is 12.9. The zero-order valence-corrected chi connectivity index (χ0v) is 17.6. The zero-order valence-electron chi connectivity index (χ0n) is 17.6. The molecule has 3 fully saturated rings. The van der Waals surface area contributed by atoms with Gasteiger partial charge in [-0.1, -0.05) is 19.4 Å². The number of fused-ring (bicyclic) bond motifs is 5. The maximum Gasteiger partial charge on any atom is 0.303 e. The minimum atomic E-state index is -1.69. The number of aliphatic hydroxyl groups is 2. The Morgan fingerprint density at radius 2 is 1.79 bits per heavy atom. The molecule has 0 heterocycles. The van der Waals surface area contributed by atoms with Gasteiger partial charge in [-0.15, -0.1) is 0 Å². The van der Waals surface area contributed by atoms with Gasteiger partial charge in [-0.05, 0) is 68.3 Å². The molecule has 160 valence electrons. The van der Waals surface area contributed by atoms with Gasteiger partial charge in [-0.2, -0.15) is 0 Å². The van der Waals surface area contributed by atoms with E-state index in [1.807, 2.05) is 13.0 Å². The Kier molecular flexibility index (Phi) is 4.63. The summed E-state index contributed by atoms with van der Waals surface area (Å²) in [4.78, 5) is 36.0. The van der Waals surface area contributed by atoms with Crippen LogP contribution in [0.1, 0.15) is 72.1 Å². The summed E-state index contributed by atoms with van der Waals surface area (Å²) in [7, 11) is 0. The van der Waals surface area contributed by atoms with E-state index in [-0.39, 0.29) is 29.5 Å². The van der Waals surface area contributed by atoms with Crippen molar-refractivity contribution in [1.82, 2.24) is 0 Å². The van der Waals surface area contributed by atoms with Gasteiger partial charge in [-0.3, -0.25) is 14.4 Å². The fourth-order valence-electron chi connectivity index (χ4n) is 7.28. The minimum Gasteiger partial charge on any atom is -0.458 e. The second-order valence-corrected chi connectivity index (χ2v) is 10.2. The van der Waals surface area contributed by atoms with Crippen LogP contribution in [0.4, 0.5) is 0 Å². The van der Waals surface area contributed by atoms with Crippen LogP contribution in [-0.2, 0) is 19.1 Å². The quantitative estimate of drug-likeness (QED) is 0.701. The number of ketones is 2. The Balaban J connectivity index is 1.66. The molecule has 29 heavy (non-hydrogen) atoms. The summed E-state index contributed by atoms with van der Waals surface area (Å²) < 4.78 is 4.87. The van der Waals surface area contributed by atoms with Crippen LogP contribution in [0.15, 0.2) is 11.6 Å². The van der Waals surface area contributed by atoms with E-state index >= 15 is 0 Å². The van der Waals surface area contributed by atoms with Crippen LogP contribution in [0.3, 0.4) is 0 Å². The Bertz CT molecular complexity index is 801. The SMILES string of the molecule is CC(=O)OCC(=O)[C@@]1(O)CC[C@@]2(O)[C@H]3CCC4=CC(=O)CC[C@@]4(C)[C@@H]3CC[C@]21C. The number of carbonyl (C=O) groups is 3. The first-order valence-corrected chi connectivity index (χ1v) is 10.8. The number of esters is 1. The first-order chi connectivity index (χ1) is 13.5. The van der Waals surface area contributed by atoms with E-state index in [9.17, 15) is 24.6 Å². The summed E-state index contributed by atoms with van der Waals surface area (Å²) in [5.74, 6) is -0.667. The fraction of sp³-hybridized carbons (Fsp3) is 0.783.